The Hall–Kier alpha value is -3.09. The number of ether oxygens (including phenoxy) is 4. The first kappa shape index (κ1) is 19.7. The summed E-state index contributed by atoms with van der Waals surface area (Å²) in [4.78, 5) is 12.4. The van der Waals surface area contributed by atoms with Crippen molar-refractivity contribution in [1.29, 1.82) is 0 Å². The van der Waals surface area contributed by atoms with Gasteiger partial charge in [-0.3, -0.25) is 0 Å². The lowest BCUT2D eigenvalue weighted by atomic mass is 9.94. The number of hydrogen-bond donors (Lipinski definition) is 2. The second kappa shape index (κ2) is 8.29. The second-order valence-corrected chi connectivity index (χ2v) is 6.98. The number of benzene rings is 2. The van der Waals surface area contributed by atoms with Crippen LogP contribution in [0.2, 0.25) is 0 Å². The van der Waals surface area contributed by atoms with Crippen LogP contribution in [0.25, 0.3) is 0 Å². The Bertz CT molecular complexity index is 851. The molecular formula is C21H26N2O5. The number of amides is 2. The van der Waals surface area contributed by atoms with Crippen LogP contribution >= 0.6 is 0 Å². The van der Waals surface area contributed by atoms with Crippen LogP contribution < -0.4 is 29.6 Å². The first-order valence-electron chi connectivity index (χ1n) is 9.10. The normalized spacial score (nSPS) is 12.9. The van der Waals surface area contributed by atoms with Gasteiger partial charge in [-0.1, -0.05) is 12.1 Å². The number of methoxy groups -OCH3 is 2. The van der Waals surface area contributed by atoms with Crippen LogP contribution in [0.1, 0.15) is 25.0 Å². The molecule has 2 amide bonds. The molecule has 2 N–H and O–H groups in total. The summed E-state index contributed by atoms with van der Waals surface area (Å²) in [6, 6.07) is 11.0. The molecule has 0 atom stereocenters. The molecule has 0 saturated heterocycles. The molecule has 0 bridgehead atoms. The van der Waals surface area contributed by atoms with Crippen molar-refractivity contribution >= 4 is 6.03 Å². The highest BCUT2D eigenvalue weighted by Crippen LogP contribution is 2.34. The predicted molar refractivity (Wildman–Crippen MR) is 105 cm³/mol. The number of carbonyl (C=O) groups is 1. The minimum atomic E-state index is -0.586. The van der Waals surface area contributed by atoms with E-state index in [1.807, 2.05) is 50.2 Å². The summed E-state index contributed by atoms with van der Waals surface area (Å²) in [6.07, 6.45) is 0. The second-order valence-electron chi connectivity index (χ2n) is 6.98. The van der Waals surface area contributed by atoms with Crippen molar-refractivity contribution in [2.24, 2.45) is 0 Å². The van der Waals surface area contributed by atoms with Gasteiger partial charge in [0.25, 0.3) is 0 Å². The van der Waals surface area contributed by atoms with Crippen molar-refractivity contribution in [1.82, 2.24) is 10.6 Å². The maximum absolute atomic E-state index is 12.4. The molecule has 7 nitrogen and oxygen atoms in total. The summed E-state index contributed by atoms with van der Waals surface area (Å²) >= 11 is 0. The molecule has 2 aromatic carbocycles. The number of nitrogens with one attached hydrogen (secondary N) is 2. The average molecular weight is 386 g/mol. The number of rotatable bonds is 6. The summed E-state index contributed by atoms with van der Waals surface area (Å²) in [6.45, 7) is 5.31. The Morgan fingerprint density at radius 2 is 1.71 bits per heavy atom. The van der Waals surface area contributed by atoms with Gasteiger partial charge in [-0.05, 0) is 49.2 Å². The van der Waals surface area contributed by atoms with Crippen molar-refractivity contribution in [3.05, 3.63) is 47.5 Å². The Labute approximate surface area is 164 Å². The van der Waals surface area contributed by atoms with E-state index >= 15 is 0 Å². The number of hydrogen-bond acceptors (Lipinski definition) is 5. The van der Waals surface area contributed by atoms with Gasteiger partial charge in [0.1, 0.15) is 13.2 Å². The van der Waals surface area contributed by atoms with E-state index in [4.69, 9.17) is 18.9 Å². The molecule has 0 fully saturated rings. The first-order chi connectivity index (χ1) is 13.4. The maximum Gasteiger partial charge on any atom is 0.315 e. The highest BCUT2D eigenvalue weighted by Gasteiger charge is 2.25. The average Bonchev–Trinajstić information content (AvgIpc) is 2.71. The minimum absolute atomic E-state index is 0.269. The monoisotopic (exact) mass is 386 g/mol. The van der Waals surface area contributed by atoms with Gasteiger partial charge in [-0.2, -0.15) is 0 Å². The molecule has 1 aliphatic heterocycles. The van der Waals surface area contributed by atoms with Gasteiger partial charge in [-0.25, -0.2) is 4.79 Å². The van der Waals surface area contributed by atoms with Crippen LogP contribution in [-0.4, -0.2) is 33.5 Å². The zero-order valence-corrected chi connectivity index (χ0v) is 16.6. The zero-order chi connectivity index (χ0) is 20.1. The van der Waals surface area contributed by atoms with E-state index in [0.717, 1.165) is 16.9 Å². The molecule has 150 valence electrons. The van der Waals surface area contributed by atoms with Crippen LogP contribution in [0, 0.1) is 0 Å². The maximum atomic E-state index is 12.4. The lowest BCUT2D eigenvalue weighted by Gasteiger charge is -2.28. The predicted octanol–water partition coefficient (Wildman–Crippen LogP) is 3.21. The van der Waals surface area contributed by atoms with E-state index in [9.17, 15) is 4.79 Å². The van der Waals surface area contributed by atoms with Crippen LogP contribution in [0.4, 0.5) is 4.79 Å². The van der Waals surface area contributed by atoms with E-state index < -0.39 is 5.54 Å². The smallest absolute Gasteiger partial charge is 0.315 e. The number of urea groups is 1. The summed E-state index contributed by atoms with van der Waals surface area (Å²) in [5, 5.41) is 5.87. The Balaban J connectivity index is 1.62. The summed E-state index contributed by atoms with van der Waals surface area (Å²) in [5.74, 6) is 2.70. The van der Waals surface area contributed by atoms with E-state index in [-0.39, 0.29) is 6.03 Å². The van der Waals surface area contributed by atoms with Crippen molar-refractivity contribution in [2.45, 2.75) is 25.9 Å². The van der Waals surface area contributed by atoms with E-state index in [2.05, 4.69) is 10.6 Å². The Morgan fingerprint density at radius 1 is 1.00 bits per heavy atom. The van der Waals surface area contributed by atoms with Crippen LogP contribution in [0.15, 0.2) is 36.4 Å². The highest BCUT2D eigenvalue weighted by atomic mass is 16.6. The number of carbonyl (C=O) groups excluding carboxylic acids is 1. The van der Waals surface area contributed by atoms with Crippen LogP contribution in [-0.2, 0) is 12.1 Å². The van der Waals surface area contributed by atoms with E-state index in [1.165, 1.54) is 0 Å². The molecule has 1 aliphatic rings. The first-order valence-corrected chi connectivity index (χ1v) is 9.10. The highest BCUT2D eigenvalue weighted by molar-refractivity contribution is 5.75. The molecule has 7 heteroatoms. The standard InChI is InChI=1S/C21H26N2O5/c1-21(2,15-6-8-17-19(12-15)28-10-9-27-17)23-20(24)22-13-14-5-7-16(25-3)18(11-14)26-4/h5-8,11-12H,9-10,13H2,1-4H3,(H2,22,23,24). The summed E-state index contributed by atoms with van der Waals surface area (Å²) < 4.78 is 21.7. The Kier molecular flexibility index (Phi) is 5.82. The van der Waals surface area contributed by atoms with Gasteiger partial charge >= 0.3 is 6.03 Å². The van der Waals surface area contributed by atoms with Gasteiger partial charge in [-0.15, -0.1) is 0 Å². The third kappa shape index (κ3) is 4.42. The van der Waals surface area contributed by atoms with Crippen LogP contribution in [0.3, 0.4) is 0 Å². The fourth-order valence-electron chi connectivity index (χ4n) is 3.01. The van der Waals surface area contributed by atoms with Crippen molar-refractivity contribution in [3.63, 3.8) is 0 Å². The summed E-state index contributed by atoms with van der Waals surface area (Å²) in [5.41, 5.74) is 1.25. The van der Waals surface area contributed by atoms with Crippen LogP contribution in [0.5, 0.6) is 23.0 Å². The molecule has 0 unspecified atom stereocenters. The molecule has 0 aliphatic carbocycles. The third-order valence-corrected chi connectivity index (χ3v) is 4.59. The van der Waals surface area contributed by atoms with E-state index in [1.54, 1.807) is 14.2 Å². The third-order valence-electron chi connectivity index (χ3n) is 4.59. The molecule has 1 heterocycles. The fraction of sp³-hybridized carbons (Fsp3) is 0.381. The van der Waals surface area contributed by atoms with E-state index in [0.29, 0.717) is 37.0 Å². The lowest BCUT2D eigenvalue weighted by molar-refractivity contribution is 0.171. The lowest BCUT2D eigenvalue weighted by Crippen LogP contribution is -2.46. The Morgan fingerprint density at radius 3 is 2.43 bits per heavy atom. The minimum Gasteiger partial charge on any atom is -0.493 e. The topological polar surface area (TPSA) is 78.1 Å². The van der Waals surface area contributed by atoms with Gasteiger partial charge in [0.15, 0.2) is 23.0 Å². The van der Waals surface area contributed by atoms with Gasteiger partial charge in [0, 0.05) is 6.54 Å². The quantitative estimate of drug-likeness (QED) is 0.797. The molecule has 0 radical (unpaired) electrons. The molecule has 3 rings (SSSR count). The van der Waals surface area contributed by atoms with Gasteiger partial charge in [0.05, 0.1) is 19.8 Å². The molecule has 0 saturated carbocycles. The molecule has 2 aromatic rings. The SMILES string of the molecule is COc1ccc(CNC(=O)NC(C)(C)c2ccc3c(c2)OCCO3)cc1OC. The molecular weight excluding hydrogens is 360 g/mol. The van der Waals surface area contributed by atoms with Crippen molar-refractivity contribution in [2.75, 3.05) is 27.4 Å². The largest absolute Gasteiger partial charge is 0.493 e. The zero-order valence-electron chi connectivity index (χ0n) is 16.6. The fourth-order valence-corrected chi connectivity index (χ4v) is 3.01. The van der Waals surface area contributed by atoms with Gasteiger partial charge < -0.3 is 29.6 Å². The van der Waals surface area contributed by atoms with Gasteiger partial charge in [0.2, 0.25) is 0 Å². The summed E-state index contributed by atoms with van der Waals surface area (Å²) in [7, 11) is 3.17. The molecule has 0 spiro atoms. The van der Waals surface area contributed by atoms with Crippen molar-refractivity contribution < 1.29 is 23.7 Å². The molecule has 28 heavy (non-hydrogen) atoms. The van der Waals surface area contributed by atoms with Crippen molar-refractivity contribution in [3.8, 4) is 23.0 Å². The molecule has 0 aromatic heterocycles. The number of fused-ring (bicyclic) bond motifs is 1.